The van der Waals surface area contributed by atoms with Gasteiger partial charge in [0.2, 0.25) is 5.72 Å². The van der Waals surface area contributed by atoms with Gasteiger partial charge in [-0.25, -0.2) is 5.32 Å². The second-order valence-electron chi connectivity index (χ2n) is 5.93. The Morgan fingerprint density at radius 1 is 1.19 bits per heavy atom. The highest BCUT2D eigenvalue weighted by atomic mass is 16.6. The molecule has 1 aliphatic rings. The van der Waals surface area contributed by atoms with E-state index in [1.807, 2.05) is 38.1 Å². The van der Waals surface area contributed by atoms with Crippen LogP contribution in [0.4, 0.5) is 0 Å². The van der Waals surface area contributed by atoms with Crippen LogP contribution in [0, 0.1) is 5.21 Å². The van der Waals surface area contributed by atoms with Crippen LogP contribution in [-0.4, -0.2) is 15.6 Å². The predicted octanol–water partition coefficient (Wildman–Crippen LogP) is 0.690. The van der Waals surface area contributed by atoms with E-state index >= 15 is 0 Å². The lowest BCUT2D eigenvalue weighted by molar-refractivity contribution is -0.959. The Labute approximate surface area is 123 Å². The summed E-state index contributed by atoms with van der Waals surface area (Å²) in [4.78, 5) is 4.06. The number of rotatable bonds is 2. The maximum atomic E-state index is 12.9. The van der Waals surface area contributed by atoms with Crippen LogP contribution in [0.2, 0.25) is 0 Å². The van der Waals surface area contributed by atoms with Crippen molar-refractivity contribution < 1.29 is 10.2 Å². The standard InChI is InChI=1S/C16H19N3O2/c1-15(2)16(20,13-8-4-3-5-9-13)19(21)14(18-15)12-7-6-10-17-11-12/h3-11,14,18-20H,1-2H3/t14?,16-/m0/s1. The molecule has 0 aliphatic carbocycles. The molecule has 0 spiro atoms. The average molecular weight is 285 g/mol. The van der Waals surface area contributed by atoms with Gasteiger partial charge in [-0.3, -0.25) is 4.98 Å². The minimum absolute atomic E-state index is 0.244. The van der Waals surface area contributed by atoms with Crippen LogP contribution in [0.5, 0.6) is 0 Å². The zero-order valence-electron chi connectivity index (χ0n) is 12.1. The second kappa shape index (κ2) is 4.89. The summed E-state index contributed by atoms with van der Waals surface area (Å²) in [7, 11) is 0. The number of benzene rings is 1. The van der Waals surface area contributed by atoms with Gasteiger partial charge in [-0.15, -0.1) is 0 Å². The van der Waals surface area contributed by atoms with Gasteiger partial charge in [0, 0.05) is 23.5 Å². The summed E-state index contributed by atoms with van der Waals surface area (Å²) in [5.41, 5.74) is -0.956. The molecule has 3 rings (SSSR count). The van der Waals surface area contributed by atoms with Crippen LogP contribution in [0.25, 0.3) is 0 Å². The molecule has 3 N–H and O–H groups in total. The molecule has 1 aromatic heterocycles. The number of aromatic nitrogens is 1. The second-order valence-corrected chi connectivity index (χ2v) is 5.93. The van der Waals surface area contributed by atoms with Gasteiger partial charge in [0.05, 0.1) is 0 Å². The van der Waals surface area contributed by atoms with Crippen molar-refractivity contribution in [1.29, 1.82) is 0 Å². The monoisotopic (exact) mass is 285 g/mol. The zero-order chi connectivity index (χ0) is 15.1. The Morgan fingerprint density at radius 3 is 2.52 bits per heavy atom. The molecule has 0 amide bonds. The number of nitrogens with one attached hydrogen (secondary N) is 2. The Bertz CT molecular complexity index is 618. The van der Waals surface area contributed by atoms with Crippen molar-refractivity contribution in [2.45, 2.75) is 31.3 Å². The zero-order valence-corrected chi connectivity index (χ0v) is 12.1. The van der Waals surface area contributed by atoms with Gasteiger partial charge >= 0.3 is 0 Å². The summed E-state index contributed by atoms with van der Waals surface area (Å²) in [6, 6.07) is 12.7. The van der Waals surface area contributed by atoms with Crippen molar-refractivity contribution in [3.05, 3.63) is 71.2 Å². The van der Waals surface area contributed by atoms with Crippen LogP contribution in [0.15, 0.2) is 54.9 Å². The quantitative estimate of drug-likeness (QED) is 0.710. The van der Waals surface area contributed by atoms with Crippen molar-refractivity contribution in [2.24, 2.45) is 0 Å². The molecule has 1 aliphatic heterocycles. The Morgan fingerprint density at radius 2 is 1.90 bits per heavy atom. The van der Waals surface area contributed by atoms with Crippen molar-refractivity contribution in [2.75, 3.05) is 0 Å². The lowest BCUT2D eigenvalue weighted by atomic mass is 9.86. The third-order valence-electron chi connectivity index (χ3n) is 4.24. The van der Waals surface area contributed by atoms with E-state index in [-0.39, 0.29) is 5.06 Å². The molecule has 3 atom stereocenters. The number of quaternary nitrogens is 1. The molecule has 1 aromatic carbocycles. The molecule has 110 valence electrons. The fraction of sp³-hybridized carbons (Fsp3) is 0.312. The number of aliphatic hydroxyl groups is 1. The maximum Gasteiger partial charge on any atom is 0.245 e. The number of nitrogens with zero attached hydrogens (tertiary/aromatic N) is 1. The van der Waals surface area contributed by atoms with Gasteiger partial charge in [-0.2, -0.15) is 0 Å². The SMILES string of the molecule is CC1(C)NC(c2cccnc2)[NH+]([O-])[C@]1(O)c1ccccc1. The minimum atomic E-state index is -1.56. The largest absolute Gasteiger partial charge is 0.630 e. The highest BCUT2D eigenvalue weighted by Gasteiger charge is 2.60. The summed E-state index contributed by atoms with van der Waals surface area (Å²) in [5.74, 6) is 0. The van der Waals surface area contributed by atoms with Crippen molar-refractivity contribution >= 4 is 0 Å². The minimum Gasteiger partial charge on any atom is -0.630 e. The smallest absolute Gasteiger partial charge is 0.245 e. The van der Waals surface area contributed by atoms with E-state index in [1.54, 1.807) is 30.6 Å². The Hall–Kier alpha value is -1.79. The highest BCUT2D eigenvalue weighted by molar-refractivity contribution is 5.26. The first-order chi connectivity index (χ1) is 9.97. The van der Waals surface area contributed by atoms with Crippen LogP contribution in [0.1, 0.15) is 31.1 Å². The van der Waals surface area contributed by atoms with E-state index in [0.717, 1.165) is 5.56 Å². The van der Waals surface area contributed by atoms with Crippen molar-refractivity contribution in [3.8, 4) is 0 Å². The Kier molecular flexibility index (Phi) is 3.30. The number of hydrogen-bond donors (Lipinski definition) is 3. The topological polar surface area (TPSA) is 72.7 Å². The van der Waals surface area contributed by atoms with Gasteiger partial charge in [0.15, 0.2) is 6.17 Å². The molecule has 0 saturated carbocycles. The van der Waals surface area contributed by atoms with E-state index in [4.69, 9.17) is 0 Å². The van der Waals surface area contributed by atoms with Crippen LogP contribution >= 0.6 is 0 Å². The van der Waals surface area contributed by atoms with Gasteiger partial charge in [-0.1, -0.05) is 18.2 Å². The third kappa shape index (κ3) is 2.06. The van der Waals surface area contributed by atoms with Crippen LogP contribution < -0.4 is 10.4 Å². The maximum absolute atomic E-state index is 12.9. The first kappa shape index (κ1) is 14.2. The molecule has 21 heavy (non-hydrogen) atoms. The summed E-state index contributed by atoms with van der Waals surface area (Å²) in [6.07, 6.45) is 2.76. The summed E-state index contributed by atoms with van der Waals surface area (Å²) < 4.78 is 0. The number of pyridine rings is 1. The van der Waals surface area contributed by atoms with Gasteiger partial charge in [-0.05, 0) is 38.1 Å². The molecule has 0 bridgehead atoms. The average Bonchev–Trinajstić information content (AvgIpc) is 2.70. The lowest BCUT2D eigenvalue weighted by Gasteiger charge is -2.40. The van der Waals surface area contributed by atoms with E-state index in [0.29, 0.717) is 5.56 Å². The van der Waals surface area contributed by atoms with E-state index in [1.165, 1.54) is 0 Å². The van der Waals surface area contributed by atoms with E-state index in [2.05, 4.69) is 10.3 Å². The first-order valence-corrected chi connectivity index (χ1v) is 6.96. The highest BCUT2D eigenvalue weighted by Crippen LogP contribution is 2.34. The number of hydroxylamine groups is 2. The third-order valence-corrected chi connectivity index (χ3v) is 4.24. The summed E-state index contributed by atoms with van der Waals surface area (Å²) >= 11 is 0. The van der Waals surface area contributed by atoms with E-state index in [9.17, 15) is 10.3 Å². The molecular weight excluding hydrogens is 266 g/mol. The summed E-state index contributed by atoms with van der Waals surface area (Å²) in [6.45, 7) is 3.68. The fourth-order valence-corrected chi connectivity index (χ4v) is 3.01. The fourth-order valence-electron chi connectivity index (χ4n) is 3.01. The van der Waals surface area contributed by atoms with Gasteiger partial charge in [0.1, 0.15) is 5.54 Å². The molecular formula is C16H19N3O2. The van der Waals surface area contributed by atoms with Gasteiger partial charge < -0.3 is 15.4 Å². The molecule has 1 saturated heterocycles. The molecule has 2 aromatic rings. The van der Waals surface area contributed by atoms with Gasteiger partial charge in [0.25, 0.3) is 0 Å². The molecule has 5 nitrogen and oxygen atoms in total. The predicted molar refractivity (Wildman–Crippen MR) is 78.9 cm³/mol. The first-order valence-electron chi connectivity index (χ1n) is 6.96. The molecule has 2 unspecified atom stereocenters. The van der Waals surface area contributed by atoms with Crippen LogP contribution in [0.3, 0.4) is 0 Å². The molecule has 1 fully saturated rings. The normalized spacial score (nSPS) is 31.2. The van der Waals surface area contributed by atoms with E-state index < -0.39 is 17.4 Å². The summed E-state index contributed by atoms with van der Waals surface area (Å²) in [5, 5.41) is 27.1. The number of hydrogen-bond acceptors (Lipinski definition) is 4. The van der Waals surface area contributed by atoms with Crippen LogP contribution in [-0.2, 0) is 5.72 Å². The lowest BCUT2D eigenvalue weighted by Crippen LogP contribution is -3.14. The Balaban J connectivity index is 2.06. The molecule has 2 heterocycles. The molecule has 0 radical (unpaired) electrons. The molecule has 5 heteroatoms. The van der Waals surface area contributed by atoms with Crippen molar-refractivity contribution in [3.63, 3.8) is 0 Å². The van der Waals surface area contributed by atoms with Crippen molar-refractivity contribution in [1.82, 2.24) is 10.3 Å².